The minimum Gasteiger partial charge on any atom is -0.493 e. The number of hydrogen-bond donors (Lipinski definition) is 0. The Morgan fingerprint density at radius 2 is 1.51 bits per heavy atom. The van der Waals surface area contributed by atoms with Crippen LogP contribution in [0.25, 0.3) is 10.8 Å². The molecule has 3 amide bonds. The first-order chi connectivity index (χ1) is 25.7. The van der Waals surface area contributed by atoms with Crippen molar-refractivity contribution in [3.8, 4) is 11.5 Å². The first kappa shape index (κ1) is 38.9. The number of piperazine rings is 1. The molecule has 3 aromatic carbocycles. The van der Waals surface area contributed by atoms with Gasteiger partial charge in [0.1, 0.15) is 5.56 Å². The van der Waals surface area contributed by atoms with Gasteiger partial charge in [-0.25, -0.2) is 0 Å². The van der Waals surface area contributed by atoms with Crippen LogP contribution in [0.3, 0.4) is 0 Å². The number of nitrogens with zero attached hydrogens (tertiary/aromatic N) is 5. The highest BCUT2D eigenvalue weighted by molar-refractivity contribution is 8.17. The minimum atomic E-state index is -0.509. The fourth-order valence-corrected chi connectivity index (χ4v) is 10.5. The molecule has 0 aliphatic carbocycles. The fourth-order valence-electron chi connectivity index (χ4n) is 7.67. The summed E-state index contributed by atoms with van der Waals surface area (Å²) in [7, 11) is 1.48. The second kappa shape index (κ2) is 18.0. The number of carbonyl (C=O) groups excluding carboxylic acids is 3. The van der Waals surface area contributed by atoms with Gasteiger partial charge >= 0.3 is 0 Å². The molecule has 0 N–H and O–H groups in total. The number of hydrogen-bond acceptors (Lipinski definition) is 11. The number of nitro groups is 1. The van der Waals surface area contributed by atoms with Gasteiger partial charge in [-0.2, -0.15) is 0 Å². The summed E-state index contributed by atoms with van der Waals surface area (Å²) in [4.78, 5) is 59.9. The van der Waals surface area contributed by atoms with Gasteiger partial charge in [0, 0.05) is 68.4 Å². The average molecular weight is 764 g/mol. The topological polar surface area (TPSA) is 126 Å². The lowest BCUT2D eigenvalue weighted by Gasteiger charge is -2.35. The third-order valence-electron chi connectivity index (χ3n) is 10.3. The van der Waals surface area contributed by atoms with Crippen LogP contribution in [0.15, 0.2) is 48.5 Å². The van der Waals surface area contributed by atoms with Crippen molar-refractivity contribution in [1.29, 1.82) is 0 Å². The number of likely N-dealkylation sites (tertiary alicyclic amines) is 1. The minimum absolute atomic E-state index is 0.0200. The molecule has 14 heteroatoms. The lowest BCUT2D eigenvalue weighted by molar-refractivity contribution is -0.385. The van der Waals surface area contributed by atoms with E-state index < -0.39 is 4.92 Å². The number of methoxy groups -OCH3 is 1. The van der Waals surface area contributed by atoms with Gasteiger partial charge in [0.15, 0.2) is 11.5 Å². The molecular formula is C39H49N5O7S2. The van der Waals surface area contributed by atoms with E-state index in [1.807, 2.05) is 52.7 Å². The van der Waals surface area contributed by atoms with E-state index in [1.54, 1.807) is 12.1 Å². The van der Waals surface area contributed by atoms with Crippen molar-refractivity contribution in [1.82, 2.24) is 19.6 Å². The van der Waals surface area contributed by atoms with Crippen molar-refractivity contribution in [2.75, 3.05) is 77.6 Å². The average Bonchev–Trinajstić information content (AvgIpc) is 3.67. The molecule has 3 heterocycles. The Bertz CT molecular complexity index is 1760. The molecule has 0 spiro atoms. The van der Waals surface area contributed by atoms with Crippen molar-refractivity contribution in [2.24, 2.45) is 0 Å². The summed E-state index contributed by atoms with van der Waals surface area (Å²) in [6.45, 7) is 10.7. The molecule has 0 saturated carbocycles. The Morgan fingerprint density at radius 3 is 2.09 bits per heavy atom. The van der Waals surface area contributed by atoms with E-state index in [0.29, 0.717) is 49.4 Å². The summed E-state index contributed by atoms with van der Waals surface area (Å²) >= 11 is 3.65. The van der Waals surface area contributed by atoms with Crippen LogP contribution in [0.5, 0.6) is 11.5 Å². The zero-order chi connectivity index (χ0) is 37.5. The zero-order valence-electron chi connectivity index (χ0n) is 30.8. The Kier molecular flexibility index (Phi) is 13.2. The normalized spacial score (nSPS) is 18.0. The molecule has 1 atom stereocenters. The molecule has 0 bridgehead atoms. The third-order valence-corrected chi connectivity index (χ3v) is 13.1. The van der Waals surface area contributed by atoms with Gasteiger partial charge in [0.25, 0.3) is 23.4 Å². The summed E-state index contributed by atoms with van der Waals surface area (Å²) in [6, 6.07) is 14.0. The number of imide groups is 1. The highest BCUT2D eigenvalue weighted by Crippen LogP contribution is 2.39. The number of thioether (sulfide) groups is 2. The third kappa shape index (κ3) is 8.61. The molecule has 0 aromatic heterocycles. The Balaban J connectivity index is 0.966. The number of rotatable bonds is 17. The van der Waals surface area contributed by atoms with E-state index in [-0.39, 0.29) is 45.3 Å². The van der Waals surface area contributed by atoms with Gasteiger partial charge in [-0.05, 0) is 61.3 Å². The number of amides is 3. The fraction of sp³-hybridized carbons (Fsp3) is 0.513. The maximum absolute atomic E-state index is 13.8. The predicted octanol–water partition coefficient (Wildman–Crippen LogP) is 6.27. The van der Waals surface area contributed by atoms with Crippen LogP contribution < -0.4 is 9.47 Å². The molecule has 0 radical (unpaired) electrons. The second-order valence-electron chi connectivity index (χ2n) is 13.5. The maximum Gasteiger partial charge on any atom is 0.286 e. The monoisotopic (exact) mass is 763 g/mol. The predicted molar refractivity (Wildman–Crippen MR) is 211 cm³/mol. The van der Waals surface area contributed by atoms with E-state index >= 15 is 0 Å². The molecule has 3 aliphatic heterocycles. The smallest absolute Gasteiger partial charge is 0.286 e. The second-order valence-corrected chi connectivity index (χ2v) is 16.6. The van der Waals surface area contributed by atoms with E-state index in [2.05, 4.69) is 23.6 Å². The lowest BCUT2D eigenvalue weighted by atomic mass is 9.94. The Hall–Kier alpha value is -3.85. The molecule has 6 rings (SSSR count). The molecular weight excluding hydrogens is 715 g/mol. The Labute approximate surface area is 319 Å². The van der Waals surface area contributed by atoms with Gasteiger partial charge in [0.05, 0.1) is 35.3 Å². The summed E-state index contributed by atoms with van der Waals surface area (Å²) in [5.74, 6) is 1.66. The van der Waals surface area contributed by atoms with Crippen molar-refractivity contribution in [3.63, 3.8) is 0 Å². The highest BCUT2D eigenvalue weighted by Gasteiger charge is 2.38. The van der Waals surface area contributed by atoms with Crippen LogP contribution in [-0.2, 0) is 0 Å². The summed E-state index contributed by atoms with van der Waals surface area (Å²) < 4.78 is 11.8. The van der Waals surface area contributed by atoms with Crippen molar-refractivity contribution in [2.45, 2.75) is 50.2 Å². The summed E-state index contributed by atoms with van der Waals surface area (Å²) in [6.07, 6.45) is 3.18. The lowest BCUT2D eigenvalue weighted by Crippen LogP contribution is -2.47. The van der Waals surface area contributed by atoms with E-state index in [4.69, 9.17) is 9.47 Å². The standard InChI is InChI=1S/C39H49N5O7S2/c1-4-52-39(53-5-2)31-15-8-18-42(31)38(47)30-25-33(50-3)34(26-32(30)44(48)49)51-24-10-17-41-22-20-40(21-23-41)16-9-19-43-36(45)28-13-6-11-27-12-7-14-29(35(27)28)37(43)46/h6-7,11-14,25-26,31,39H,4-5,8-10,15-24H2,1-3H3/t31-/m0/s1. The number of carbonyl (C=O) groups is 3. The first-order valence-electron chi connectivity index (χ1n) is 18.6. The van der Waals surface area contributed by atoms with Gasteiger partial charge in [-0.1, -0.05) is 38.1 Å². The van der Waals surface area contributed by atoms with Gasteiger partial charge in [-0.15, -0.1) is 23.5 Å². The highest BCUT2D eigenvalue weighted by atomic mass is 32.2. The molecule has 0 unspecified atom stereocenters. The van der Waals surface area contributed by atoms with Crippen LogP contribution >= 0.6 is 23.5 Å². The molecule has 2 saturated heterocycles. The SMILES string of the molecule is CCSC(SCC)[C@@H]1CCCN1C(=O)c1cc(OC)c(OCCCN2CCN(CCCN3C(=O)c4cccc5cccc(c45)C3=O)CC2)cc1[N+](=O)[O-]. The summed E-state index contributed by atoms with van der Waals surface area (Å²) in [5, 5.41) is 13.9. The van der Waals surface area contributed by atoms with Crippen LogP contribution in [0.1, 0.15) is 70.6 Å². The van der Waals surface area contributed by atoms with E-state index in [0.717, 1.165) is 74.4 Å². The zero-order valence-corrected chi connectivity index (χ0v) is 32.4. The first-order valence-corrected chi connectivity index (χ1v) is 20.7. The molecule has 3 aliphatic rings. The van der Waals surface area contributed by atoms with E-state index in [9.17, 15) is 24.5 Å². The van der Waals surface area contributed by atoms with Crippen LogP contribution in [0.2, 0.25) is 0 Å². The van der Waals surface area contributed by atoms with Crippen molar-refractivity contribution >= 4 is 57.7 Å². The number of nitro benzene ring substituents is 1. The van der Waals surface area contributed by atoms with Crippen LogP contribution in [0, 0.1) is 10.1 Å². The molecule has 2 fully saturated rings. The molecule has 53 heavy (non-hydrogen) atoms. The largest absolute Gasteiger partial charge is 0.493 e. The van der Waals surface area contributed by atoms with Gasteiger partial charge < -0.3 is 24.2 Å². The Morgan fingerprint density at radius 1 is 0.887 bits per heavy atom. The van der Waals surface area contributed by atoms with Crippen LogP contribution in [-0.4, -0.2) is 130 Å². The molecule has 284 valence electrons. The van der Waals surface area contributed by atoms with Crippen molar-refractivity contribution in [3.05, 3.63) is 75.3 Å². The molecule has 3 aromatic rings. The summed E-state index contributed by atoms with van der Waals surface area (Å²) in [5.41, 5.74) is 0.938. The quantitative estimate of drug-likeness (QED) is 0.0508. The molecule has 12 nitrogen and oxygen atoms in total. The van der Waals surface area contributed by atoms with Gasteiger partial charge in [0.2, 0.25) is 0 Å². The van der Waals surface area contributed by atoms with E-state index in [1.165, 1.54) is 24.1 Å². The number of benzene rings is 3. The maximum atomic E-state index is 13.8. The number of ether oxygens (including phenoxy) is 2. The van der Waals surface area contributed by atoms with Crippen molar-refractivity contribution < 1.29 is 28.8 Å². The van der Waals surface area contributed by atoms with Crippen LogP contribution in [0.4, 0.5) is 5.69 Å². The van der Waals surface area contributed by atoms with Gasteiger partial charge in [-0.3, -0.25) is 29.4 Å².